The van der Waals surface area contributed by atoms with Gasteiger partial charge in [-0.2, -0.15) is 0 Å². The first-order chi connectivity index (χ1) is 8.79. The molecular formula is C11H13N5OS. The largest absolute Gasteiger partial charge is 0.350 e. The smallest absolute Gasteiger partial charge is 0.269 e. The number of nitrogens with two attached hydrogens (primary N) is 1. The number of hydrazine groups is 1. The van der Waals surface area contributed by atoms with Crippen LogP contribution in [0.4, 0.5) is 5.82 Å². The van der Waals surface area contributed by atoms with E-state index in [1.54, 1.807) is 35.0 Å². The summed E-state index contributed by atoms with van der Waals surface area (Å²) in [6.45, 7) is 0.532. The van der Waals surface area contributed by atoms with E-state index in [0.29, 0.717) is 24.5 Å². The Kier molecular flexibility index (Phi) is 4.21. The number of amides is 1. The molecule has 0 aliphatic heterocycles. The molecule has 2 aromatic heterocycles. The molecule has 7 heteroatoms. The number of nitrogen functional groups attached to an aromatic ring is 1. The molecule has 0 aliphatic carbocycles. The second-order valence-electron chi connectivity index (χ2n) is 3.54. The van der Waals surface area contributed by atoms with Gasteiger partial charge in [-0.3, -0.25) is 4.79 Å². The topological polar surface area (TPSA) is 92.9 Å². The number of hydrogen-bond acceptors (Lipinski definition) is 6. The molecule has 0 spiro atoms. The van der Waals surface area contributed by atoms with Gasteiger partial charge in [-0.05, 0) is 12.1 Å². The van der Waals surface area contributed by atoms with E-state index in [2.05, 4.69) is 20.7 Å². The van der Waals surface area contributed by atoms with Crippen LogP contribution >= 0.6 is 11.3 Å². The molecule has 0 saturated heterocycles. The molecule has 2 heterocycles. The van der Waals surface area contributed by atoms with Crippen molar-refractivity contribution in [1.82, 2.24) is 15.3 Å². The summed E-state index contributed by atoms with van der Waals surface area (Å²) < 4.78 is 0. The van der Waals surface area contributed by atoms with Gasteiger partial charge in [0.15, 0.2) is 0 Å². The summed E-state index contributed by atoms with van der Waals surface area (Å²) >= 11 is 1.54. The van der Waals surface area contributed by atoms with E-state index in [1.807, 2.05) is 5.38 Å². The zero-order chi connectivity index (χ0) is 12.8. The average molecular weight is 263 g/mol. The maximum Gasteiger partial charge on any atom is 0.269 e. The monoisotopic (exact) mass is 263 g/mol. The van der Waals surface area contributed by atoms with E-state index >= 15 is 0 Å². The van der Waals surface area contributed by atoms with Crippen molar-refractivity contribution in [2.24, 2.45) is 5.84 Å². The average Bonchev–Trinajstić information content (AvgIpc) is 2.92. The molecule has 0 radical (unpaired) electrons. The number of carbonyl (C=O) groups is 1. The number of carbonyl (C=O) groups excluding carboxylic acids is 1. The zero-order valence-corrected chi connectivity index (χ0v) is 10.4. The predicted molar refractivity (Wildman–Crippen MR) is 70.2 cm³/mol. The Bertz CT molecular complexity index is 514. The SMILES string of the molecule is NNc1cccc(C(=O)NCCc2cscn2)n1. The van der Waals surface area contributed by atoms with Gasteiger partial charge in [-0.15, -0.1) is 11.3 Å². The molecule has 0 atom stereocenters. The highest BCUT2D eigenvalue weighted by Gasteiger charge is 2.07. The Morgan fingerprint density at radius 1 is 1.44 bits per heavy atom. The fourth-order valence-electron chi connectivity index (χ4n) is 1.40. The highest BCUT2D eigenvalue weighted by Crippen LogP contribution is 2.03. The predicted octanol–water partition coefficient (Wildman–Crippen LogP) is 0.796. The van der Waals surface area contributed by atoms with Crippen LogP contribution in [-0.4, -0.2) is 22.4 Å². The lowest BCUT2D eigenvalue weighted by atomic mass is 10.3. The van der Waals surface area contributed by atoms with Crippen LogP contribution < -0.4 is 16.6 Å². The number of nitrogens with one attached hydrogen (secondary N) is 2. The zero-order valence-electron chi connectivity index (χ0n) is 9.59. The van der Waals surface area contributed by atoms with Crippen LogP contribution in [0.5, 0.6) is 0 Å². The van der Waals surface area contributed by atoms with Gasteiger partial charge in [0, 0.05) is 18.3 Å². The Morgan fingerprint density at radius 3 is 3.06 bits per heavy atom. The quantitative estimate of drug-likeness (QED) is 0.548. The van der Waals surface area contributed by atoms with Crippen LogP contribution in [0.1, 0.15) is 16.2 Å². The summed E-state index contributed by atoms with van der Waals surface area (Å²) in [4.78, 5) is 20.0. The summed E-state index contributed by atoms with van der Waals surface area (Å²) in [5.41, 5.74) is 5.49. The van der Waals surface area contributed by atoms with Gasteiger partial charge < -0.3 is 10.7 Å². The Labute approximate surface area is 108 Å². The summed E-state index contributed by atoms with van der Waals surface area (Å²) in [7, 11) is 0. The highest BCUT2D eigenvalue weighted by molar-refractivity contribution is 7.07. The van der Waals surface area contributed by atoms with Gasteiger partial charge in [0.2, 0.25) is 0 Å². The van der Waals surface area contributed by atoms with E-state index in [0.717, 1.165) is 5.69 Å². The first-order valence-corrected chi connectivity index (χ1v) is 6.33. The Balaban J connectivity index is 1.87. The minimum absolute atomic E-state index is 0.220. The third-order valence-corrected chi connectivity index (χ3v) is 2.92. The summed E-state index contributed by atoms with van der Waals surface area (Å²) in [5, 5.41) is 4.74. The summed E-state index contributed by atoms with van der Waals surface area (Å²) in [6.07, 6.45) is 0.712. The minimum atomic E-state index is -0.220. The standard InChI is InChI=1S/C11H13N5OS/c12-16-10-3-1-2-9(15-10)11(17)13-5-4-8-6-18-7-14-8/h1-3,6-7H,4-5,12H2,(H,13,17)(H,15,16). The van der Waals surface area contributed by atoms with Crippen LogP contribution in [0, 0.1) is 0 Å². The Morgan fingerprint density at radius 2 is 2.33 bits per heavy atom. The number of pyridine rings is 1. The van der Waals surface area contributed by atoms with Gasteiger partial charge in [0.1, 0.15) is 11.5 Å². The van der Waals surface area contributed by atoms with Gasteiger partial charge in [0.25, 0.3) is 5.91 Å². The first kappa shape index (κ1) is 12.5. The molecule has 0 fully saturated rings. The van der Waals surface area contributed by atoms with Crippen molar-refractivity contribution in [3.05, 3.63) is 40.5 Å². The van der Waals surface area contributed by atoms with Gasteiger partial charge in [-0.25, -0.2) is 15.8 Å². The van der Waals surface area contributed by atoms with Crippen LogP contribution in [0.15, 0.2) is 29.1 Å². The van der Waals surface area contributed by atoms with Gasteiger partial charge >= 0.3 is 0 Å². The molecule has 0 unspecified atom stereocenters. The molecule has 2 rings (SSSR count). The number of rotatable bonds is 5. The van der Waals surface area contributed by atoms with Crippen molar-refractivity contribution in [3.63, 3.8) is 0 Å². The molecule has 0 bridgehead atoms. The normalized spacial score (nSPS) is 10.1. The maximum absolute atomic E-state index is 11.8. The molecule has 2 aromatic rings. The third kappa shape index (κ3) is 3.25. The number of aromatic nitrogens is 2. The highest BCUT2D eigenvalue weighted by atomic mass is 32.1. The fourth-order valence-corrected chi connectivity index (χ4v) is 1.99. The van der Waals surface area contributed by atoms with E-state index < -0.39 is 0 Å². The van der Waals surface area contributed by atoms with E-state index in [9.17, 15) is 4.79 Å². The first-order valence-electron chi connectivity index (χ1n) is 5.38. The van der Waals surface area contributed by atoms with Crippen LogP contribution in [0.2, 0.25) is 0 Å². The number of nitrogens with zero attached hydrogens (tertiary/aromatic N) is 2. The van der Waals surface area contributed by atoms with Crippen molar-refractivity contribution >= 4 is 23.1 Å². The lowest BCUT2D eigenvalue weighted by Crippen LogP contribution is -2.27. The maximum atomic E-state index is 11.8. The van der Waals surface area contributed by atoms with Crippen LogP contribution in [0.3, 0.4) is 0 Å². The number of thiazole rings is 1. The molecule has 4 N–H and O–H groups in total. The van der Waals surface area contributed by atoms with Crippen molar-refractivity contribution < 1.29 is 4.79 Å². The fraction of sp³-hybridized carbons (Fsp3) is 0.182. The molecule has 0 aromatic carbocycles. The van der Waals surface area contributed by atoms with Gasteiger partial charge in [0.05, 0.1) is 11.2 Å². The van der Waals surface area contributed by atoms with E-state index in [4.69, 9.17) is 5.84 Å². The summed E-state index contributed by atoms with van der Waals surface area (Å²) in [5.74, 6) is 5.47. The molecule has 6 nitrogen and oxygen atoms in total. The van der Waals surface area contributed by atoms with Gasteiger partial charge in [-0.1, -0.05) is 6.07 Å². The molecule has 94 valence electrons. The van der Waals surface area contributed by atoms with E-state index in [-0.39, 0.29) is 5.91 Å². The molecule has 0 aliphatic rings. The van der Waals surface area contributed by atoms with Crippen molar-refractivity contribution in [1.29, 1.82) is 0 Å². The molecule has 1 amide bonds. The summed E-state index contributed by atoms with van der Waals surface area (Å²) in [6, 6.07) is 5.04. The number of hydrogen-bond donors (Lipinski definition) is 3. The Hall–Kier alpha value is -1.99. The lowest BCUT2D eigenvalue weighted by molar-refractivity contribution is 0.0949. The van der Waals surface area contributed by atoms with Crippen molar-refractivity contribution in [3.8, 4) is 0 Å². The number of anilines is 1. The lowest BCUT2D eigenvalue weighted by Gasteiger charge is -2.05. The second-order valence-corrected chi connectivity index (χ2v) is 4.26. The van der Waals surface area contributed by atoms with Crippen molar-refractivity contribution in [2.75, 3.05) is 12.0 Å². The van der Waals surface area contributed by atoms with E-state index in [1.165, 1.54) is 0 Å². The van der Waals surface area contributed by atoms with Crippen LogP contribution in [0.25, 0.3) is 0 Å². The third-order valence-electron chi connectivity index (χ3n) is 2.28. The molecule has 18 heavy (non-hydrogen) atoms. The second kappa shape index (κ2) is 6.08. The molecular weight excluding hydrogens is 250 g/mol. The van der Waals surface area contributed by atoms with Crippen LogP contribution in [-0.2, 0) is 6.42 Å². The van der Waals surface area contributed by atoms with Crippen molar-refractivity contribution in [2.45, 2.75) is 6.42 Å². The molecule has 0 saturated carbocycles. The minimum Gasteiger partial charge on any atom is -0.350 e.